The molecule has 2 unspecified atom stereocenters. The molecule has 158 valence electrons. The van der Waals surface area contributed by atoms with Gasteiger partial charge < -0.3 is 29.2 Å². The molecule has 0 rings (SSSR count). The highest BCUT2D eigenvalue weighted by Crippen LogP contribution is 2.15. The van der Waals surface area contributed by atoms with Crippen LogP contribution in [0.3, 0.4) is 0 Å². The molecule has 6 nitrogen and oxygen atoms in total. The lowest BCUT2D eigenvalue weighted by Gasteiger charge is -2.14. The average molecular weight is 402 g/mol. The lowest BCUT2D eigenvalue weighted by Crippen LogP contribution is -2.26. The van der Waals surface area contributed by atoms with E-state index in [1.807, 2.05) is 0 Å². The Labute approximate surface area is 147 Å². The van der Waals surface area contributed by atoms with Crippen LogP contribution in [0.4, 0.5) is 26.3 Å². The van der Waals surface area contributed by atoms with Gasteiger partial charge in [0, 0.05) is 13.2 Å². The van der Waals surface area contributed by atoms with Crippen LogP contribution in [0.15, 0.2) is 0 Å². The predicted molar refractivity (Wildman–Crippen MR) is 76.6 cm³/mol. The Morgan fingerprint density at radius 2 is 0.885 bits per heavy atom. The predicted octanol–water partition coefficient (Wildman–Crippen LogP) is 1.68. The molecule has 0 bridgehead atoms. The summed E-state index contributed by atoms with van der Waals surface area (Å²) >= 11 is 0. The van der Waals surface area contributed by atoms with Crippen LogP contribution in [0.1, 0.15) is 12.8 Å². The normalized spacial score (nSPS) is 15.2. The summed E-state index contributed by atoms with van der Waals surface area (Å²) in [5.74, 6) is 0. The summed E-state index contributed by atoms with van der Waals surface area (Å²) < 4.78 is 89.4. The van der Waals surface area contributed by atoms with Gasteiger partial charge in [-0.1, -0.05) is 0 Å². The second kappa shape index (κ2) is 13.5. The van der Waals surface area contributed by atoms with E-state index in [9.17, 15) is 36.6 Å². The molecule has 0 aromatic carbocycles. The first kappa shape index (κ1) is 25.3. The lowest BCUT2D eigenvalue weighted by atomic mass is 10.3. The lowest BCUT2D eigenvalue weighted by molar-refractivity contribution is -0.181. The standard InChI is InChI=1S/C14H24F6O6/c15-13(16,17)9-25-7-11(21)5-23-3-1-2-4-24-6-12(22)8-26-10-14(18,19)20/h11-12,21-22H,1-10H2. The van der Waals surface area contributed by atoms with Gasteiger partial charge in [-0.05, 0) is 12.8 Å². The van der Waals surface area contributed by atoms with Gasteiger partial charge in [0.2, 0.25) is 0 Å². The van der Waals surface area contributed by atoms with Crippen LogP contribution in [0.25, 0.3) is 0 Å². The Morgan fingerprint density at radius 1 is 0.577 bits per heavy atom. The maximum Gasteiger partial charge on any atom is 0.411 e. The molecule has 0 aliphatic carbocycles. The molecule has 26 heavy (non-hydrogen) atoms. The zero-order valence-corrected chi connectivity index (χ0v) is 14.0. The quantitative estimate of drug-likeness (QED) is 0.321. The molecule has 0 fully saturated rings. The highest BCUT2D eigenvalue weighted by molar-refractivity contribution is 4.55. The van der Waals surface area contributed by atoms with Gasteiger partial charge in [0.15, 0.2) is 0 Å². The summed E-state index contributed by atoms with van der Waals surface area (Å²) in [5, 5.41) is 18.6. The Balaban J connectivity index is 3.37. The number of hydrogen-bond donors (Lipinski definition) is 2. The van der Waals surface area contributed by atoms with Crippen LogP contribution < -0.4 is 0 Å². The van der Waals surface area contributed by atoms with Gasteiger partial charge in [-0.25, -0.2) is 0 Å². The van der Waals surface area contributed by atoms with Gasteiger partial charge in [-0.2, -0.15) is 26.3 Å². The maximum absolute atomic E-state index is 11.8. The molecule has 0 heterocycles. The molecule has 0 aliphatic heterocycles. The van der Waals surface area contributed by atoms with E-state index in [2.05, 4.69) is 9.47 Å². The third-order valence-corrected chi connectivity index (χ3v) is 2.60. The van der Waals surface area contributed by atoms with Crippen LogP contribution in [0.2, 0.25) is 0 Å². The third kappa shape index (κ3) is 19.7. The van der Waals surface area contributed by atoms with Crippen molar-refractivity contribution in [2.75, 3.05) is 52.9 Å². The molecule has 0 aromatic rings. The van der Waals surface area contributed by atoms with Crippen molar-refractivity contribution in [3.63, 3.8) is 0 Å². The van der Waals surface area contributed by atoms with Gasteiger partial charge in [0.05, 0.1) is 26.4 Å². The van der Waals surface area contributed by atoms with Gasteiger partial charge in [-0.15, -0.1) is 0 Å². The van der Waals surface area contributed by atoms with Crippen LogP contribution in [-0.2, 0) is 18.9 Å². The van der Waals surface area contributed by atoms with Gasteiger partial charge in [-0.3, -0.25) is 0 Å². The van der Waals surface area contributed by atoms with Crippen LogP contribution in [0.5, 0.6) is 0 Å². The van der Waals surface area contributed by atoms with E-state index in [1.165, 1.54) is 0 Å². The third-order valence-electron chi connectivity index (χ3n) is 2.60. The SMILES string of the molecule is OC(COCCCCOCC(O)COCC(F)(F)F)COCC(F)(F)F. The molecule has 0 spiro atoms. The number of unbranched alkanes of at least 4 members (excludes halogenated alkanes) is 1. The number of alkyl halides is 6. The summed E-state index contributed by atoms with van der Waals surface area (Å²) in [6.45, 7) is -3.73. The van der Waals surface area contributed by atoms with Crippen molar-refractivity contribution >= 4 is 0 Å². The second-order valence-electron chi connectivity index (χ2n) is 5.43. The van der Waals surface area contributed by atoms with Crippen molar-refractivity contribution in [3.05, 3.63) is 0 Å². The zero-order valence-electron chi connectivity index (χ0n) is 14.0. The Morgan fingerprint density at radius 3 is 1.19 bits per heavy atom. The van der Waals surface area contributed by atoms with E-state index >= 15 is 0 Å². The van der Waals surface area contributed by atoms with Crippen LogP contribution in [-0.4, -0.2) is 87.6 Å². The minimum absolute atomic E-state index is 0.173. The molecule has 0 radical (unpaired) electrons. The number of aliphatic hydroxyl groups excluding tert-OH is 2. The summed E-state index contributed by atoms with van der Waals surface area (Å²) in [6, 6.07) is 0. The van der Waals surface area contributed by atoms with Crippen molar-refractivity contribution < 1.29 is 55.5 Å². The zero-order chi connectivity index (χ0) is 20.1. The molecular weight excluding hydrogens is 378 g/mol. The second-order valence-corrected chi connectivity index (χ2v) is 5.43. The molecule has 0 amide bonds. The first-order valence-corrected chi connectivity index (χ1v) is 7.80. The molecule has 2 atom stereocenters. The van der Waals surface area contributed by atoms with Gasteiger partial charge in [0.25, 0.3) is 0 Å². The summed E-state index contributed by atoms with van der Waals surface area (Å²) in [4.78, 5) is 0. The highest BCUT2D eigenvalue weighted by Gasteiger charge is 2.28. The molecule has 2 N–H and O–H groups in total. The molecular formula is C14H24F6O6. The molecule has 0 aromatic heterocycles. The number of hydrogen-bond acceptors (Lipinski definition) is 6. The fourth-order valence-electron chi connectivity index (χ4n) is 1.56. The van der Waals surface area contributed by atoms with E-state index in [1.54, 1.807) is 0 Å². The number of halogens is 6. The smallest absolute Gasteiger partial charge is 0.388 e. The van der Waals surface area contributed by atoms with E-state index in [0.717, 1.165) is 0 Å². The van der Waals surface area contributed by atoms with E-state index in [-0.39, 0.29) is 26.4 Å². The Kier molecular flexibility index (Phi) is 13.2. The average Bonchev–Trinajstić information content (AvgIpc) is 2.47. The number of ether oxygens (including phenoxy) is 4. The monoisotopic (exact) mass is 402 g/mol. The van der Waals surface area contributed by atoms with Gasteiger partial charge in [0.1, 0.15) is 25.4 Å². The van der Waals surface area contributed by atoms with Crippen molar-refractivity contribution in [2.45, 2.75) is 37.4 Å². The van der Waals surface area contributed by atoms with E-state index in [4.69, 9.17) is 9.47 Å². The topological polar surface area (TPSA) is 77.4 Å². The fraction of sp³-hybridized carbons (Fsp3) is 1.00. The van der Waals surface area contributed by atoms with Crippen molar-refractivity contribution in [1.29, 1.82) is 0 Å². The summed E-state index contributed by atoms with van der Waals surface area (Å²) in [6.07, 6.45) is -10.2. The first-order chi connectivity index (χ1) is 12.0. The minimum Gasteiger partial charge on any atom is -0.388 e. The number of aliphatic hydroxyl groups is 2. The maximum atomic E-state index is 11.8. The van der Waals surface area contributed by atoms with E-state index in [0.29, 0.717) is 12.8 Å². The number of rotatable bonds is 15. The van der Waals surface area contributed by atoms with Crippen molar-refractivity contribution in [1.82, 2.24) is 0 Å². The first-order valence-electron chi connectivity index (χ1n) is 7.80. The highest BCUT2D eigenvalue weighted by atomic mass is 19.4. The Hall–Kier alpha value is -0.660. The van der Waals surface area contributed by atoms with Crippen LogP contribution in [0, 0.1) is 0 Å². The van der Waals surface area contributed by atoms with Crippen molar-refractivity contribution in [3.8, 4) is 0 Å². The fourth-order valence-corrected chi connectivity index (χ4v) is 1.56. The summed E-state index contributed by atoms with van der Waals surface area (Å²) in [7, 11) is 0. The molecule has 0 saturated carbocycles. The largest absolute Gasteiger partial charge is 0.411 e. The van der Waals surface area contributed by atoms with Crippen LogP contribution >= 0.6 is 0 Å². The van der Waals surface area contributed by atoms with Crippen molar-refractivity contribution in [2.24, 2.45) is 0 Å². The molecule has 0 aliphatic rings. The Bertz CT molecular complexity index is 307. The summed E-state index contributed by atoms with van der Waals surface area (Å²) in [5.41, 5.74) is 0. The minimum atomic E-state index is -4.45. The molecule has 0 saturated heterocycles. The van der Waals surface area contributed by atoms with E-state index < -0.39 is 51.0 Å². The molecule has 12 heteroatoms. The van der Waals surface area contributed by atoms with Gasteiger partial charge >= 0.3 is 12.4 Å².